The maximum atomic E-state index is 12.5. The Hall–Kier alpha value is -1.89. The zero-order valence-electron chi connectivity index (χ0n) is 13.8. The number of hydrogen-bond acceptors (Lipinski definition) is 5. The SMILES string of the molecule is C[C@H](C(=O)Nc1ccc(Cl)cc1Cl)N1CCN(c2ncccn2)CC1. The smallest absolute Gasteiger partial charge is 0.241 e. The van der Waals surface area contributed by atoms with Gasteiger partial charge in [-0.15, -0.1) is 0 Å². The van der Waals surface area contributed by atoms with E-state index >= 15 is 0 Å². The van der Waals surface area contributed by atoms with E-state index in [1.165, 1.54) is 0 Å². The van der Waals surface area contributed by atoms with Crippen molar-refractivity contribution in [3.05, 3.63) is 46.7 Å². The molecule has 0 saturated carbocycles. The van der Waals surface area contributed by atoms with Crippen LogP contribution < -0.4 is 10.2 Å². The van der Waals surface area contributed by atoms with E-state index in [2.05, 4.69) is 25.1 Å². The molecular weight excluding hydrogens is 361 g/mol. The third kappa shape index (κ3) is 4.39. The number of nitrogens with one attached hydrogen (secondary N) is 1. The van der Waals surface area contributed by atoms with Crippen molar-refractivity contribution in [2.75, 3.05) is 36.4 Å². The first kappa shape index (κ1) is 17.9. The Morgan fingerprint density at radius 1 is 1.16 bits per heavy atom. The van der Waals surface area contributed by atoms with Crippen LogP contribution in [-0.2, 0) is 4.79 Å². The summed E-state index contributed by atoms with van der Waals surface area (Å²) in [5.74, 6) is 0.640. The predicted octanol–water partition coefficient (Wildman–Crippen LogP) is 2.93. The first-order valence-electron chi connectivity index (χ1n) is 8.06. The Morgan fingerprint density at radius 3 is 2.48 bits per heavy atom. The number of benzene rings is 1. The summed E-state index contributed by atoms with van der Waals surface area (Å²) >= 11 is 12.0. The molecule has 1 aliphatic rings. The second-order valence-electron chi connectivity index (χ2n) is 5.86. The summed E-state index contributed by atoms with van der Waals surface area (Å²) in [6.07, 6.45) is 3.47. The van der Waals surface area contributed by atoms with Crippen LogP contribution in [0.2, 0.25) is 10.0 Å². The zero-order valence-corrected chi connectivity index (χ0v) is 15.3. The normalized spacial score (nSPS) is 16.5. The minimum atomic E-state index is -0.259. The molecular formula is C17H19Cl2N5O. The molecule has 0 spiro atoms. The van der Waals surface area contributed by atoms with Gasteiger partial charge in [-0.1, -0.05) is 23.2 Å². The van der Waals surface area contributed by atoms with E-state index in [1.807, 2.05) is 6.92 Å². The molecule has 1 aromatic heterocycles. The number of carbonyl (C=O) groups is 1. The van der Waals surface area contributed by atoms with Crippen LogP contribution in [0.25, 0.3) is 0 Å². The van der Waals surface area contributed by atoms with Crippen LogP contribution in [0.1, 0.15) is 6.92 Å². The molecule has 132 valence electrons. The molecule has 1 amide bonds. The lowest BCUT2D eigenvalue weighted by Gasteiger charge is -2.37. The fourth-order valence-electron chi connectivity index (χ4n) is 2.76. The summed E-state index contributed by atoms with van der Waals surface area (Å²) in [6, 6.07) is 6.56. The van der Waals surface area contributed by atoms with E-state index < -0.39 is 0 Å². The van der Waals surface area contributed by atoms with Gasteiger partial charge in [-0.3, -0.25) is 9.69 Å². The van der Waals surface area contributed by atoms with Gasteiger partial charge in [0.15, 0.2) is 0 Å². The van der Waals surface area contributed by atoms with Crippen LogP contribution in [0.15, 0.2) is 36.7 Å². The van der Waals surface area contributed by atoms with E-state index in [1.54, 1.807) is 36.7 Å². The molecule has 0 aliphatic carbocycles. The molecule has 6 nitrogen and oxygen atoms in total. The van der Waals surface area contributed by atoms with Crippen molar-refractivity contribution >= 4 is 40.7 Å². The van der Waals surface area contributed by atoms with Gasteiger partial charge in [0.2, 0.25) is 11.9 Å². The fraction of sp³-hybridized carbons (Fsp3) is 0.353. The van der Waals surface area contributed by atoms with Crippen molar-refractivity contribution in [2.24, 2.45) is 0 Å². The monoisotopic (exact) mass is 379 g/mol. The maximum Gasteiger partial charge on any atom is 0.241 e. The van der Waals surface area contributed by atoms with Gasteiger partial charge in [-0.25, -0.2) is 9.97 Å². The average Bonchev–Trinajstić information content (AvgIpc) is 2.64. The van der Waals surface area contributed by atoms with Crippen molar-refractivity contribution in [2.45, 2.75) is 13.0 Å². The maximum absolute atomic E-state index is 12.5. The largest absolute Gasteiger partial charge is 0.338 e. The molecule has 1 N–H and O–H groups in total. The molecule has 2 aromatic rings. The second kappa shape index (κ2) is 7.99. The second-order valence-corrected chi connectivity index (χ2v) is 6.70. The van der Waals surface area contributed by atoms with Gasteiger partial charge in [-0.05, 0) is 31.2 Å². The van der Waals surface area contributed by atoms with Crippen molar-refractivity contribution < 1.29 is 4.79 Å². The highest BCUT2D eigenvalue weighted by Crippen LogP contribution is 2.25. The van der Waals surface area contributed by atoms with Crippen molar-refractivity contribution in [3.63, 3.8) is 0 Å². The fourth-order valence-corrected chi connectivity index (χ4v) is 3.21. The zero-order chi connectivity index (χ0) is 17.8. The van der Waals surface area contributed by atoms with Gasteiger partial charge < -0.3 is 10.2 Å². The first-order valence-corrected chi connectivity index (χ1v) is 8.82. The first-order chi connectivity index (χ1) is 12.0. The van der Waals surface area contributed by atoms with E-state index in [9.17, 15) is 4.79 Å². The number of carbonyl (C=O) groups excluding carboxylic acids is 1. The van der Waals surface area contributed by atoms with Crippen LogP contribution in [0.3, 0.4) is 0 Å². The van der Waals surface area contributed by atoms with E-state index in [4.69, 9.17) is 23.2 Å². The molecule has 1 saturated heterocycles. The number of amides is 1. The molecule has 25 heavy (non-hydrogen) atoms. The Balaban J connectivity index is 1.56. The number of hydrogen-bond donors (Lipinski definition) is 1. The van der Waals surface area contributed by atoms with Crippen LogP contribution >= 0.6 is 23.2 Å². The molecule has 1 aliphatic heterocycles. The van der Waals surface area contributed by atoms with Gasteiger partial charge in [0.25, 0.3) is 0 Å². The summed E-state index contributed by atoms with van der Waals surface area (Å²) in [5.41, 5.74) is 0.569. The number of aromatic nitrogens is 2. The molecule has 1 aromatic carbocycles. The molecule has 0 unspecified atom stereocenters. The van der Waals surface area contributed by atoms with Gasteiger partial charge in [0, 0.05) is 43.6 Å². The van der Waals surface area contributed by atoms with E-state index in [0.717, 1.165) is 32.1 Å². The minimum absolute atomic E-state index is 0.0892. The average molecular weight is 380 g/mol. The third-order valence-electron chi connectivity index (χ3n) is 4.27. The Labute approximate surface area is 156 Å². The standard InChI is InChI=1S/C17H19Cl2N5O/c1-12(16(25)22-15-4-3-13(18)11-14(15)19)23-7-9-24(10-8-23)17-20-5-2-6-21-17/h2-6,11-12H,7-10H2,1H3,(H,22,25)/t12-/m1/s1. The molecule has 1 fully saturated rings. The van der Waals surface area contributed by atoms with Gasteiger partial charge >= 0.3 is 0 Å². The summed E-state index contributed by atoms with van der Waals surface area (Å²) < 4.78 is 0. The molecule has 1 atom stereocenters. The van der Waals surface area contributed by atoms with Crippen molar-refractivity contribution in [1.29, 1.82) is 0 Å². The molecule has 0 bridgehead atoms. The summed E-state index contributed by atoms with van der Waals surface area (Å²) in [4.78, 5) is 25.3. The van der Waals surface area contributed by atoms with Crippen molar-refractivity contribution in [3.8, 4) is 0 Å². The highest BCUT2D eigenvalue weighted by molar-refractivity contribution is 6.36. The van der Waals surface area contributed by atoms with Crippen LogP contribution in [0.5, 0.6) is 0 Å². The lowest BCUT2D eigenvalue weighted by atomic mass is 10.2. The lowest BCUT2D eigenvalue weighted by molar-refractivity contribution is -0.120. The van der Waals surface area contributed by atoms with E-state index in [0.29, 0.717) is 15.7 Å². The van der Waals surface area contributed by atoms with Crippen LogP contribution in [0, 0.1) is 0 Å². The topological polar surface area (TPSA) is 61.4 Å². The lowest BCUT2D eigenvalue weighted by Crippen LogP contribution is -2.53. The Morgan fingerprint density at radius 2 is 1.84 bits per heavy atom. The minimum Gasteiger partial charge on any atom is -0.338 e. The van der Waals surface area contributed by atoms with Gasteiger partial charge in [0.1, 0.15) is 0 Å². The Kier molecular flexibility index (Phi) is 5.73. The number of anilines is 2. The van der Waals surface area contributed by atoms with Gasteiger partial charge in [-0.2, -0.15) is 0 Å². The van der Waals surface area contributed by atoms with Crippen LogP contribution in [-0.4, -0.2) is 53.0 Å². The molecule has 8 heteroatoms. The molecule has 2 heterocycles. The Bertz CT molecular complexity index is 735. The molecule has 0 radical (unpaired) electrons. The third-order valence-corrected chi connectivity index (χ3v) is 4.81. The van der Waals surface area contributed by atoms with Crippen molar-refractivity contribution in [1.82, 2.24) is 14.9 Å². The van der Waals surface area contributed by atoms with Gasteiger partial charge in [0.05, 0.1) is 16.8 Å². The summed E-state index contributed by atoms with van der Waals surface area (Å²) in [5, 5.41) is 3.83. The quantitative estimate of drug-likeness (QED) is 0.884. The van der Waals surface area contributed by atoms with Crippen LogP contribution in [0.4, 0.5) is 11.6 Å². The summed E-state index contributed by atoms with van der Waals surface area (Å²) in [6.45, 7) is 4.99. The number of nitrogens with zero attached hydrogens (tertiary/aromatic N) is 4. The highest BCUT2D eigenvalue weighted by Gasteiger charge is 2.26. The molecule has 3 rings (SSSR count). The number of rotatable bonds is 4. The number of halogens is 2. The number of piperazine rings is 1. The van der Waals surface area contributed by atoms with E-state index in [-0.39, 0.29) is 11.9 Å². The highest BCUT2D eigenvalue weighted by atomic mass is 35.5. The summed E-state index contributed by atoms with van der Waals surface area (Å²) in [7, 11) is 0. The predicted molar refractivity (Wildman–Crippen MR) is 100 cm³/mol.